The fraction of sp³-hybridized carbons (Fsp3) is 0.400. The van der Waals surface area contributed by atoms with Crippen LogP contribution < -0.4 is 4.90 Å². The smallest absolute Gasteiger partial charge is 0.219 e. The number of fused-ring (bicyclic) bond motifs is 2. The average molecular weight is 631 g/mol. The first kappa shape index (κ1) is 29.4. The molecule has 1 amide bonds. The maximum Gasteiger partial charge on any atom is 0.219 e. The Kier molecular flexibility index (Phi) is 7.51. The zero-order chi connectivity index (χ0) is 32.1. The average Bonchev–Trinajstić information content (AvgIpc) is 3.69. The van der Waals surface area contributed by atoms with Crippen LogP contribution in [0.2, 0.25) is 0 Å². The zero-order valence-electron chi connectivity index (χ0n) is 26.8. The molecule has 0 atom stereocenters. The molecule has 2 saturated heterocycles. The molecule has 4 aromatic heterocycles. The summed E-state index contributed by atoms with van der Waals surface area (Å²) in [6, 6.07) is 12.4. The zero-order valence-corrected chi connectivity index (χ0v) is 26.8. The van der Waals surface area contributed by atoms with Crippen molar-refractivity contribution in [1.29, 1.82) is 0 Å². The summed E-state index contributed by atoms with van der Waals surface area (Å²) in [6.07, 6.45) is 9.52. The molecule has 0 spiro atoms. The van der Waals surface area contributed by atoms with Crippen LogP contribution in [0.5, 0.6) is 0 Å². The molecule has 5 aromatic rings. The van der Waals surface area contributed by atoms with Crippen molar-refractivity contribution >= 4 is 28.8 Å². The van der Waals surface area contributed by atoms with E-state index < -0.39 is 0 Å². The van der Waals surface area contributed by atoms with Crippen molar-refractivity contribution in [2.45, 2.75) is 38.8 Å². The molecule has 0 aliphatic carbocycles. The van der Waals surface area contributed by atoms with E-state index in [9.17, 15) is 9.59 Å². The molecular weight excluding hydrogens is 592 g/mol. The predicted molar refractivity (Wildman–Crippen MR) is 178 cm³/mol. The Balaban J connectivity index is 1.00. The first-order valence-electron chi connectivity index (χ1n) is 16.4. The van der Waals surface area contributed by atoms with E-state index in [0.29, 0.717) is 24.2 Å². The number of aryl methyl sites for hydroxylation is 1. The van der Waals surface area contributed by atoms with E-state index >= 15 is 0 Å². The number of hydrogen-bond acceptors (Lipinski definition) is 9. The van der Waals surface area contributed by atoms with Gasteiger partial charge in [-0.25, -0.2) is 0 Å². The van der Waals surface area contributed by atoms with Crippen LogP contribution in [0.4, 0.5) is 5.82 Å². The second kappa shape index (κ2) is 12.0. The van der Waals surface area contributed by atoms with Crippen LogP contribution in [-0.2, 0) is 24.8 Å². The molecule has 0 N–H and O–H groups in total. The number of aldehydes is 1. The quantitative estimate of drug-likeness (QED) is 0.248. The molecule has 0 saturated carbocycles. The van der Waals surface area contributed by atoms with Crippen LogP contribution in [0.1, 0.15) is 47.6 Å². The number of likely N-dealkylation sites (tertiary alicyclic amines) is 1. The molecule has 3 aliphatic rings. The molecule has 0 unspecified atom stereocenters. The number of benzene rings is 1. The van der Waals surface area contributed by atoms with Gasteiger partial charge in [0.2, 0.25) is 5.91 Å². The van der Waals surface area contributed by atoms with Crippen LogP contribution >= 0.6 is 0 Å². The first-order chi connectivity index (χ1) is 22.9. The number of nitrogens with zero attached hydrogens (tertiary/aromatic N) is 10. The van der Waals surface area contributed by atoms with Gasteiger partial charge >= 0.3 is 0 Å². The number of carbonyl (C=O) groups excluding carboxylic acids is 2. The van der Waals surface area contributed by atoms with Crippen molar-refractivity contribution in [3.8, 4) is 22.5 Å². The summed E-state index contributed by atoms with van der Waals surface area (Å²) in [5, 5.41) is 20.0. The molecule has 2 fully saturated rings. The highest BCUT2D eigenvalue weighted by atomic mass is 16.2. The second-order valence-electron chi connectivity index (χ2n) is 13.1. The van der Waals surface area contributed by atoms with Gasteiger partial charge in [-0.3, -0.25) is 28.8 Å². The molecular formula is C35H38N10O2. The van der Waals surface area contributed by atoms with Crippen LogP contribution in [0, 0.1) is 5.92 Å². The predicted octanol–water partition coefficient (Wildman–Crippen LogP) is 3.78. The minimum absolute atomic E-state index is 0.0981. The first-order valence-corrected chi connectivity index (χ1v) is 16.4. The number of carbonyl (C=O) groups is 2. The van der Waals surface area contributed by atoms with Gasteiger partial charge in [-0.05, 0) is 42.3 Å². The van der Waals surface area contributed by atoms with Crippen molar-refractivity contribution in [2.24, 2.45) is 13.0 Å². The molecule has 8 rings (SSSR count). The van der Waals surface area contributed by atoms with Crippen molar-refractivity contribution < 1.29 is 9.59 Å². The summed E-state index contributed by atoms with van der Waals surface area (Å²) in [5.41, 5.74) is 6.67. The SMILES string of the molecule is CC(=O)N1CCc2c(c(-c3cccc4cc(-c5cnn(C)c5)ncc34)nn2C2CN(CC3CCN(c4ccc(C=O)nn4)CC3)C2)C1. The van der Waals surface area contributed by atoms with E-state index in [1.165, 1.54) is 5.69 Å². The monoisotopic (exact) mass is 630 g/mol. The van der Waals surface area contributed by atoms with Crippen LogP contribution in [-0.4, -0.2) is 96.0 Å². The lowest BCUT2D eigenvalue weighted by molar-refractivity contribution is -0.129. The molecule has 12 nitrogen and oxygen atoms in total. The number of aromatic nitrogens is 7. The lowest BCUT2D eigenvalue weighted by Crippen LogP contribution is -2.51. The molecule has 47 heavy (non-hydrogen) atoms. The van der Waals surface area contributed by atoms with E-state index in [1.807, 2.05) is 36.6 Å². The minimum atomic E-state index is 0.0981. The van der Waals surface area contributed by atoms with Crippen LogP contribution in [0.25, 0.3) is 33.3 Å². The Hall–Kier alpha value is -4.97. The number of amides is 1. The molecule has 0 radical (unpaired) electrons. The Morgan fingerprint density at radius 3 is 2.62 bits per heavy atom. The standard InChI is InChI=1S/C35H38N10O2/c1-23(47)44-13-10-33-31(21-44)35(29-5-3-4-25-14-32(36-16-30(25)29)26-15-37-41(2)18-26)40-45(33)28-19-42(20-28)17-24-8-11-43(12-9-24)34-7-6-27(22-46)38-39-34/h3-7,14-16,18,22,24,28H,8-13,17,19-21H2,1-2H3. The molecule has 1 aromatic carbocycles. The topological polar surface area (TPSA) is 118 Å². The number of rotatable bonds is 7. The van der Waals surface area contributed by atoms with Gasteiger partial charge in [-0.2, -0.15) is 10.2 Å². The van der Waals surface area contributed by atoms with Gasteiger partial charge in [-0.1, -0.05) is 18.2 Å². The van der Waals surface area contributed by atoms with Gasteiger partial charge in [0, 0.05) is 106 Å². The Morgan fingerprint density at radius 1 is 1.04 bits per heavy atom. The Bertz CT molecular complexity index is 1950. The summed E-state index contributed by atoms with van der Waals surface area (Å²) < 4.78 is 4.06. The summed E-state index contributed by atoms with van der Waals surface area (Å²) in [6.45, 7) is 7.89. The third-order valence-electron chi connectivity index (χ3n) is 10.1. The van der Waals surface area contributed by atoms with Crippen molar-refractivity contribution in [3.05, 3.63) is 71.9 Å². The number of hydrogen-bond donors (Lipinski definition) is 0. The van der Waals surface area contributed by atoms with Gasteiger partial charge in [0.25, 0.3) is 0 Å². The molecule has 7 heterocycles. The largest absolute Gasteiger partial charge is 0.355 e. The van der Waals surface area contributed by atoms with Crippen molar-refractivity contribution in [3.63, 3.8) is 0 Å². The lowest BCUT2D eigenvalue weighted by Gasteiger charge is -2.43. The maximum atomic E-state index is 12.5. The van der Waals surface area contributed by atoms with E-state index in [0.717, 1.165) is 109 Å². The van der Waals surface area contributed by atoms with Crippen molar-refractivity contribution in [1.82, 2.24) is 44.5 Å². The van der Waals surface area contributed by atoms with Crippen LogP contribution in [0.3, 0.4) is 0 Å². The van der Waals surface area contributed by atoms with Gasteiger partial charge in [0.05, 0.1) is 23.6 Å². The van der Waals surface area contributed by atoms with E-state index in [-0.39, 0.29) is 5.91 Å². The van der Waals surface area contributed by atoms with Gasteiger partial charge in [-0.15, -0.1) is 10.2 Å². The summed E-state index contributed by atoms with van der Waals surface area (Å²) in [4.78, 5) is 35.0. The molecule has 12 heteroatoms. The van der Waals surface area contributed by atoms with E-state index in [2.05, 4.69) is 54.0 Å². The van der Waals surface area contributed by atoms with Gasteiger partial charge in [0.15, 0.2) is 12.1 Å². The van der Waals surface area contributed by atoms with E-state index in [1.54, 1.807) is 17.7 Å². The third kappa shape index (κ3) is 5.56. The lowest BCUT2D eigenvalue weighted by atomic mass is 9.94. The Morgan fingerprint density at radius 2 is 1.89 bits per heavy atom. The highest BCUT2D eigenvalue weighted by Crippen LogP contribution is 2.38. The van der Waals surface area contributed by atoms with Crippen molar-refractivity contribution in [2.75, 3.05) is 44.2 Å². The summed E-state index contributed by atoms with van der Waals surface area (Å²) in [7, 11) is 1.91. The molecule has 0 bridgehead atoms. The normalized spacial score (nSPS) is 17.6. The second-order valence-corrected chi connectivity index (χ2v) is 13.1. The van der Waals surface area contributed by atoms with Gasteiger partial charge in [0.1, 0.15) is 5.69 Å². The summed E-state index contributed by atoms with van der Waals surface area (Å²) >= 11 is 0. The van der Waals surface area contributed by atoms with Gasteiger partial charge < -0.3 is 9.80 Å². The molecule has 3 aliphatic heterocycles. The fourth-order valence-corrected chi connectivity index (χ4v) is 7.45. The maximum absolute atomic E-state index is 12.5. The third-order valence-corrected chi connectivity index (χ3v) is 10.1. The highest BCUT2D eigenvalue weighted by molar-refractivity contribution is 5.97. The number of anilines is 1. The molecule has 240 valence electrons. The fourth-order valence-electron chi connectivity index (χ4n) is 7.45. The highest BCUT2D eigenvalue weighted by Gasteiger charge is 2.36. The minimum Gasteiger partial charge on any atom is -0.355 e. The Labute approximate surface area is 273 Å². The number of piperidine rings is 1. The summed E-state index contributed by atoms with van der Waals surface area (Å²) in [5.74, 6) is 1.58. The number of pyridine rings is 1. The van der Waals surface area contributed by atoms with E-state index in [4.69, 9.17) is 10.1 Å². The van der Waals surface area contributed by atoms with Crippen LogP contribution in [0.15, 0.2) is 55.0 Å².